The minimum absolute atomic E-state index is 0.0403. The first-order valence-corrected chi connectivity index (χ1v) is 8.88. The second-order valence-corrected chi connectivity index (χ2v) is 6.63. The van der Waals surface area contributed by atoms with Crippen LogP contribution in [0.3, 0.4) is 0 Å². The molecule has 0 saturated heterocycles. The molecule has 0 spiro atoms. The zero-order chi connectivity index (χ0) is 21.5. The Hall–Kier alpha value is -3.57. The van der Waals surface area contributed by atoms with Crippen molar-refractivity contribution in [2.45, 2.75) is 19.1 Å². The van der Waals surface area contributed by atoms with Gasteiger partial charge in [-0.2, -0.15) is 23.1 Å². The van der Waals surface area contributed by atoms with Crippen LogP contribution in [-0.2, 0) is 0 Å². The molecule has 1 atom stereocenters. The number of alkyl halides is 3. The number of nitrogens with one attached hydrogen (secondary N) is 1. The van der Waals surface area contributed by atoms with Gasteiger partial charge in [-0.1, -0.05) is 0 Å². The van der Waals surface area contributed by atoms with Crippen LogP contribution < -0.4 is 19.7 Å². The van der Waals surface area contributed by atoms with Gasteiger partial charge in [0.25, 0.3) is 0 Å². The molecule has 0 fully saturated rings. The molecule has 0 aliphatic carbocycles. The lowest BCUT2D eigenvalue weighted by atomic mass is 10.2. The van der Waals surface area contributed by atoms with Gasteiger partial charge in [-0.3, -0.25) is 0 Å². The van der Waals surface area contributed by atoms with E-state index in [0.717, 1.165) is 10.6 Å². The molecule has 0 aromatic carbocycles. The van der Waals surface area contributed by atoms with Crippen molar-refractivity contribution in [1.82, 2.24) is 24.5 Å². The van der Waals surface area contributed by atoms with E-state index in [0.29, 0.717) is 17.4 Å². The highest BCUT2D eigenvalue weighted by Crippen LogP contribution is 2.37. The van der Waals surface area contributed by atoms with Gasteiger partial charge in [-0.25, -0.2) is 9.97 Å². The zero-order valence-electron chi connectivity index (χ0n) is 16.3. The number of hydrogen-bond donors (Lipinski definition) is 1. The van der Waals surface area contributed by atoms with Gasteiger partial charge in [0, 0.05) is 13.2 Å². The number of fused-ring (bicyclic) bond motifs is 1. The SMILES string of the molecule is COc1nc(Nc2ncc3c(n2)N(C)C(C(F)(F)F)CO3)ccc1-n1cnc(C)c1. The summed E-state index contributed by atoms with van der Waals surface area (Å²) >= 11 is 0. The van der Waals surface area contributed by atoms with Gasteiger partial charge >= 0.3 is 6.18 Å². The molecule has 3 aromatic rings. The summed E-state index contributed by atoms with van der Waals surface area (Å²) in [5.74, 6) is 0.985. The summed E-state index contributed by atoms with van der Waals surface area (Å²) in [6, 6.07) is 1.65. The molecule has 30 heavy (non-hydrogen) atoms. The number of rotatable bonds is 4. The first kappa shape index (κ1) is 19.7. The van der Waals surface area contributed by atoms with Crippen molar-refractivity contribution < 1.29 is 22.6 Å². The molecule has 4 rings (SSSR count). The van der Waals surface area contributed by atoms with E-state index in [1.54, 1.807) is 23.0 Å². The molecule has 1 aliphatic heterocycles. The Morgan fingerprint density at radius 1 is 1.23 bits per heavy atom. The Morgan fingerprint density at radius 2 is 2.03 bits per heavy atom. The predicted octanol–water partition coefficient (Wildman–Crippen LogP) is 2.88. The Labute approximate surface area is 169 Å². The van der Waals surface area contributed by atoms with Gasteiger partial charge in [0.15, 0.2) is 17.6 Å². The van der Waals surface area contributed by atoms with Crippen molar-refractivity contribution in [3.8, 4) is 17.3 Å². The van der Waals surface area contributed by atoms with Crippen LogP contribution in [0.4, 0.5) is 30.8 Å². The molecular weight excluding hydrogens is 403 g/mol. The molecule has 4 heterocycles. The standard InChI is InChI=1S/C18H18F3N7O2/c1-10-7-28(9-23-10)11-4-5-14(24-16(11)29-3)25-17-22-6-12-15(26-17)27(2)13(8-30-12)18(19,20)21/h4-7,9,13H,8H2,1-3H3,(H,22,24,25,26). The molecule has 1 unspecified atom stereocenters. The van der Waals surface area contributed by atoms with Crippen molar-refractivity contribution in [2.24, 2.45) is 0 Å². The van der Waals surface area contributed by atoms with E-state index in [9.17, 15) is 13.2 Å². The minimum Gasteiger partial charge on any atom is -0.486 e. The van der Waals surface area contributed by atoms with E-state index in [1.807, 2.05) is 13.1 Å². The number of pyridine rings is 1. The topological polar surface area (TPSA) is 90.2 Å². The van der Waals surface area contributed by atoms with E-state index in [4.69, 9.17) is 9.47 Å². The number of halogens is 3. The monoisotopic (exact) mass is 421 g/mol. The van der Waals surface area contributed by atoms with E-state index in [-0.39, 0.29) is 17.5 Å². The molecule has 0 radical (unpaired) electrons. The average Bonchev–Trinajstić information content (AvgIpc) is 3.13. The maximum absolute atomic E-state index is 13.2. The third-order valence-electron chi connectivity index (χ3n) is 4.58. The van der Waals surface area contributed by atoms with Crippen LogP contribution in [-0.4, -0.2) is 57.5 Å². The summed E-state index contributed by atoms with van der Waals surface area (Å²) in [4.78, 5) is 17.9. The second-order valence-electron chi connectivity index (χ2n) is 6.63. The Bertz CT molecular complexity index is 1070. The molecule has 0 amide bonds. The smallest absolute Gasteiger partial charge is 0.412 e. The molecule has 1 N–H and O–H groups in total. The molecule has 158 valence electrons. The van der Waals surface area contributed by atoms with Crippen LogP contribution in [0.1, 0.15) is 5.69 Å². The lowest BCUT2D eigenvalue weighted by Gasteiger charge is -2.35. The number of nitrogens with zero attached hydrogens (tertiary/aromatic N) is 6. The third kappa shape index (κ3) is 3.67. The predicted molar refractivity (Wildman–Crippen MR) is 102 cm³/mol. The summed E-state index contributed by atoms with van der Waals surface area (Å²) in [5, 5.41) is 2.89. The highest BCUT2D eigenvalue weighted by molar-refractivity contribution is 5.60. The van der Waals surface area contributed by atoms with Crippen LogP contribution in [0.2, 0.25) is 0 Å². The van der Waals surface area contributed by atoms with Gasteiger partial charge in [0.2, 0.25) is 11.8 Å². The molecule has 9 nitrogen and oxygen atoms in total. The average molecular weight is 421 g/mol. The fraction of sp³-hybridized carbons (Fsp3) is 0.333. The lowest BCUT2D eigenvalue weighted by Crippen LogP contribution is -2.50. The molecule has 3 aromatic heterocycles. The molecule has 12 heteroatoms. The largest absolute Gasteiger partial charge is 0.486 e. The highest BCUT2D eigenvalue weighted by atomic mass is 19.4. The summed E-state index contributed by atoms with van der Waals surface area (Å²) in [6.45, 7) is 1.35. The highest BCUT2D eigenvalue weighted by Gasteiger charge is 2.46. The van der Waals surface area contributed by atoms with Crippen molar-refractivity contribution >= 4 is 17.6 Å². The van der Waals surface area contributed by atoms with E-state index >= 15 is 0 Å². The van der Waals surface area contributed by atoms with E-state index in [1.165, 1.54) is 20.4 Å². The van der Waals surface area contributed by atoms with E-state index in [2.05, 4.69) is 25.3 Å². The minimum atomic E-state index is -4.44. The lowest BCUT2D eigenvalue weighted by molar-refractivity contribution is -0.155. The van der Waals surface area contributed by atoms with Crippen molar-refractivity contribution in [1.29, 1.82) is 0 Å². The number of anilines is 3. The first-order chi connectivity index (χ1) is 14.3. The van der Waals surface area contributed by atoms with Gasteiger partial charge in [-0.15, -0.1) is 0 Å². The summed E-state index contributed by atoms with van der Waals surface area (Å²) in [7, 11) is 2.80. The Balaban J connectivity index is 1.60. The summed E-state index contributed by atoms with van der Waals surface area (Å²) in [6.07, 6.45) is 0.350. The summed E-state index contributed by atoms with van der Waals surface area (Å²) in [5.41, 5.74) is 1.52. The second kappa shape index (κ2) is 7.35. The van der Waals surface area contributed by atoms with Crippen LogP contribution in [0.25, 0.3) is 5.69 Å². The number of methoxy groups -OCH3 is 1. The van der Waals surface area contributed by atoms with E-state index < -0.39 is 18.8 Å². The number of aryl methyl sites for hydroxylation is 1. The normalized spacial score (nSPS) is 16.1. The van der Waals surface area contributed by atoms with Crippen molar-refractivity contribution in [2.75, 3.05) is 31.0 Å². The van der Waals surface area contributed by atoms with Gasteiger partial charge in [0.1, 0.15) is 18.1 Å². The first-order valence-electron chi connectivity index (χ1n) is 8.88. The molecule has 1 aliphatic rings. The van der Waals surface area contributed by atoms with Gasteiger partial charge in [0.05, 0.1) is 25.3 Å². The summed E-state index contributed by atoms with van der Waals surface area (Å²) < 4.78 is 51.9. The quantitative estimate of drug-likeness (QED) is 0.688. The number of aromatic nitrogens is 5. The van der Waals surface area contributed by atoms with Crippen LogP contribution >= 0.6 is 0 Å². The fourth-order valence-electron chi connectivity index (χ4n) is 3.04. The number of ether oxygens (including phenoxy) is 2. The van der Waals surface area contributed by atoms with Crippen LogP contribution in [0.15, 0.2) is 30.9 Å². The molecule has 0 bridgehead atoms. The number of likely N-dealkylation sites (N-methyl/N-ethyl adjacent to an activating group) is 1. The maximum Gasteiger partial charge on any atom is 0.412 e. The van der Waals surface area contributed by atoms with Gasteiger partial charge in [-0.05, 0) is 19.1 Å². The molecule has 0 saturated carbocycles. The van der Waals surface area contributed by atoms with Gasteiger partial charge < -0.3 is 24.3 Å². The number of imidazole rings is 1. The maximum atomic E-state index is 13.2. The molecular formula is C18H18F3N7O2. The van der Waals surface area contributed by atoms with Crippen molar-refractivity contribution in [3.05, 3.63) is 36.5 Å². The van der Waals surface area contributed by atoms with Crippen LogP contribution in [0, 0.1) is 6.92 Å². The fourth-order valence-corrected chi connectivity index (χ4v) is 3.04. The Kier molecular flexibility index (Phi) is 4.84. The van der Waals surface area contributed by atoms with Crippen LogP contribution in [0.5, 0.6) is 11.6 Å². The third-order valence-corrected chi connectivity index (χ3v) is 4.58. The zero-order valence-corrected chi connectivity index (χ0v) is 16.3. The van der Waals surface area contributed by atoms with Crippen molar-refractivity contribution in [3.63, 3.8) is 0 Å². The Morgan fingerprint density at radius 3 is 2.70 bits per heavy atom. The number of hydrogen-bond acceptors (Lipinski definition) is 8.